The fourth-order valence-corrected chi connectivity index (χ4v) is 4.29. The first kappa shape index (κ1) is 22.5. The summed E-state index contributed by atoms with van der Waals surface area (Å²) >= 11 is 0. The molecule has 4 nitrogen and oxygen atoms in total. The molecule has 0 saturated heterocycles. The van der Waals surface area contributed by atoms with Crippen LogP contribution in [0.2, 0.25) is 0 Å². The molecule has 2 aromatic carbocycles. The molecule has 0 heterocycles. The minimum Gasteiger partial charge on any atom is -0.481 e. The van der Waals surface area contributed by atoms with Crippen molar-refractivity contribution in [2.45, 2.75) is 25.7 Å². The van der Waals surface area contributed by atoms with Crippen LogP contribution >= 0.6 is 0 Å². The van der Waals surface area contributed by atoms with Gasteiger partial charge < -0.3 is 10.2 Å². The van der Waals surface area contributed by atoms with Crippen molar-refractivity contribution in [2.75, 3.05) is 0 Å². The van der Waals surface area contributed by atoms with Gasteiger partial charge in [-0.05, 0) is 42.2 Å². The summed E-state index contributed by atoms with van der Waals surface area (Å²) in [7, 11) is 0. The van der Waals surface area contributed by atoms with Crippen LogP contribution in [0.3, 0.4) is 0 Å². The molecule has 0 spiro atoms. The number of hydrogen-bond acceptors (Lipinski definition) is 2. The third-order valence-corrected chi connectivity index (χ3v) is 5.85. The van der Waals surface area contributed by atoms with Gasteiger partial charge in [0.15, 0.2) is 17.5 Å². The van der Waals surface area contributed by atoms with E-state index in [1.807, 2.05) is 0 Å². The van der Waals surface area contributed by atoms with Crippen LogP contribution in [0.5, 0.6) is 0 Å². The molecule has 0 bridgehead atoms. The molecule has 0 saturated carbocycles. The number of halogens is 5. The predicted molar refractivity (Wildman–Crippen MR) is 100 cm³/mol. The van der Waals surface area contributed by atoms with E-state index in [0.717, 1.165) is 19.1 Å². The highest BCUT2D eigenvalue weighted by molar-refractivity contribution is 5.86. The lowest BCUT2D eigenvalue weighted by Gasteiger charge is -2.46. The molecular weight excluding hydrogens is 423 g/mol. The first-order valence-corrected chi connectivity index (χ1v) is 9.13. The molecule has 3 rings (SSSR count). The quantitative estimate of drug-likeness (QED) is 0.379. The lowest BCUT2D eigenvalue weighted by molar-refractivity contribution is -0.170. The van der Waals surface area contributed by atoms with Crippen LogP contribution in [0, 0.1) is 28.3 Å². The Labute approximate surface area is 173 Å². The van der Waals surface area contributed by atoms with Gasteiger partial charge in [0.05, 0.1) is 5.41 Å². The van der Waals surface area contributed by atoms with Gasteiger partial charge >= 0.3 is 11.9 Å². The van der Waals surface area contributed by atoms with Crippen LogP contribution in [0.15, 0.2) is 48.6 Å². The molecule has 0 aliphatic heterocycles. The second kappa shape index (κ2) is 7.79. The fraction of sp³-hybridized carbons (Fsp3) is 0.273. The highest BCUT2D eigenvalue weighted by atomic mass is 19.3. The van der Waals surface area contributed by atoms with Crippen LogP contribution in [0.4, 0.5) is 22.0 Å². The second-order valence-corrected chi connectivity index (χ2v) is 7.61. The predicted octanol–water partition coefficient (Wildman–Crippen LogP) is 5.24. The lowest BCUT2D eigenvalue weighted by Crippen LogP contribution is -2.53. The zero-order chi connectivity index (χ0) is 23.1. The molecule has 1 aliphatic carbocycles. The van der Waals surface area contributed by atoms with Gasteiger partial charge in [0.2, 0.25) is 0 Å². The maximum absolute atomic E-state index is 14.3. The van der Waals surface area contributed by atoms with Crippen LogP contribution < -0.4 is 0 Å². The van der Waals surface area contributed by atoms with E-state index in [-0.39, 0.29) is 16.7 Å². The molecule has 3 unspecified atom stereocenters. The van der Waals surface area contributed by atoms with Crippen molar-refractivity contribution in [1.29, 1.82) is 0 Å². The summed E-state index contributed by atoms with van der Waals surface area (Å²) in [5.41, 5.74) is -5.40. The SMILES string of the molecule is CC1(C(=O)O)C=CCC(C(=O)O)(C(F)F)C1c1ccccc1-c1cc(F)c(F)c(F)c1. The molecule has 0 fully saturated rings. The van der Waals surface area contributed by atoms with Crippen molar-refractivity contribution >= 4 is 11.9 Å². The minimum absolute atomic E-state index is 0.0839. The largest absolute Gasteiger partial charge is 0.481 e. The van der Waals surface area contributed by atoms with Gasteiger partial charge in [0, 0.05) is 5.92 Å². The number of carboxylic acids is 2. The summed E-state index contributed by atoms with van der Waals surface area (Å²) in [6.45, 7) is 1.11. The fourth-order valence-electron chi connectivity index (χ4n) is 4.29. The Bertz CT molecular complexity index is 1060. The maximum atomic E-state index is 14.3. The topological polar surface area (TPSA) is 74.6 Å². The summed E-state index contributed by atoms with van der Waals surface area (Å²) in [6.07, 6.45) is -1.89. The van der Waals surface area contributed by atoms with Crippen molar-refractivity contribution in [3.63, 3.8) is 0 Å². The summed E-state index contributed by atoms with van der Waals surface area (Å²) in [5.74, 6) is -10.1. The van der Waals surface area contributed by atoms with E-state index < -0.39 is 59.0 Å². The van der Waals surface area contributed by atoms with Gasteiger partial charge in [0.25, 0.3) is 6.43 Å². The average molecular weight is 440 g/mol. The third kappa shape index (κ3) is 3.37. The Morgan fingerprint density at radius 2 is 1.61 bits per heavy atom. The van der Waals surface area contributed by atoms with E-state index in [4.69, 9.17) is 0 Å². The monoisotopic (exact) mass is 440 g/mol. The van der Waals surface area contributed by atoms with E-state index in [0.29, 0.717) is 12.1 Å². The molecular formula is C22H17F5O4. The van der Waals surface area contributed by atoms with Gasteiger partial charge in [-0.2, -0.15) is 0 Å². The number of alkyl halides is 2. The number of rotatable bonds is 5. The van der Waals surface area contributed by atoms with Crippen LogP contribution in [0.1, 0.15) is 24.8 Å². The number of hydrogen-bond donors (Lipinski definition) is 2. The standard InChI is InChI=1S/C22H17F5O4/c1-21(19(28)29)7-4-8-22(18(26)27,20(30)31)17(21)13-6-3-2-5-12(13)11-9-14(23)16(25)15(24)10-11/h2-7,9-10,17-18H,8H2,1H3,(H,28,29)(H,30,31). The van der Waals surface area contributed by atoms with Gasteiger partial charge in [0.1, 0.15) is 5.41 Å². The van der Waals surface area contributed by atoms with Gasteiger partial charge in [-0.25, -0.2) is 22.0 Å². The van der Waals surface area contributed by atoms with Crippen molar-refractivity contribution < 1.29 is 41.8 Å². The molecule has 31 heavy (non-hydrogen) atoms. The van der Waals surface area contributed by atoms with Gasteiger partial charge in [-0.15, -0.1) is 0 Å². The van der Waals surface area contributed by atoms with E-state index in [1.165, 1.54) is 24.3 Å². The number of aliphatic carboxylic acids is 2. The Hall–Kier alpha value is -3.23. The molecule has 0 aromatic heterocycles. The first-order valence-electron chi connectivity index (χ1n) is 9.13. The highest BCUT2D eigenvalue weighted by Gasteiger charge is 2.63. The molecule has 2 N–H and O–H groups in total. The normalized spacial score (nSPS) is 25.6. The van der Waals surface area contributed by atoms with Crippen molar-refractivity contribution in [2.24, 2.45) is 10.8 Å². The molecule has 2 aromatic rings. The zero-order valence-corrected chi connectivity index (χ0v) is 16.1. The summed E-state index contributed by atoms with van der Waals surface area (Å²) < 4.78 is 69.8. The second-order valence-electron chi connectivity index (χ2n) is 7.61. The number of carboxylic acid groups (broad SMARTS) is 2. The third-order valence-electron chi connectivity index (χ3n) is 5.85. The van der Waals surface area contributed by atoms with Gasteiger partial charge in [-0.1, -0.05) is 36.4 Å². The average Bonchev–Trinajstić information content (AvgIpc) is 2.70. The van der Waals surface area contributed by atoms with Gasteiger partial charge in [-0.3, -0.25) is 9.59 Å². The molecule has 0 radical (unpaired) electrons. The smallest absolute Gasteiger partial charge is 0.316 e. The zero-order valence-electron chi connectivity index (χ0n) is 16.1. The van der Waals surface area contributed by atoms with Crippen LogP contribution in [-0.4, -0.2) is 28.6 Å². The van der Waals surface area contributed by atoms with E-state index >= 15 is 0 Å². The van der Waals surface area contributed by atoms with Crippen LogP contribution in [-0.2, 0) is 9.59 Å². The van der Waals surface area contributed by atoms with E-state index in [2.05, 4.69) is 0 Å². The maximum Gasteiger partial charge on any atom is 0.316 e. The summed E-state index contributed by atoms with van der Waals surface area (Å²) in [6, 6.07) is 6.56. The number of allylic oxidation sites excluding steroid dienone is 1. The Morgan fingerprint density at radius 1 is 1.03 bits per heavy atom. The van der Waals surface area contributed by atoms with Crippen molar-refractivity contribution in [3.8, 4) is 11.1 Å². The minimum atomic E-state index is -3.46. The molecule has 3 atom stereocenters. The highest BCUT2D eigenvalue weighted by Crippen LogP contribution is 2.58. The lowest BCUT2D eigenvalue weighted by atomic mass is 9.55. The molecule has 1 aliphatic rings. The van der Waals surface area contributed by atoms with Crippen molar-refractivity contribution in [1.82, 2.24) is 0 Å². The molecule has 164 valence electrons. The van der Waals surface area contributed by atoms with E-state index in [9.17, 15) is 41.8 Å². The number of carbonyl (C=O) groups is 2. The Morgan fingerprint density at radius 3 is 2.13 bits per heavy atom. The Kier molecular flexibility index (Phi) is 5.64. The summed E-state index contributed by atoms with van der Waals surface area (Å²) in [5, 5.41) is 19.7. The molecule has 0 amide bonds. The molecule has 9 heteroatoms. The first-order chi connectivity index (χ1) is 14.5. The number of benzene rings is 2. The van der Waals surface area contributed by atoms with Crippen molar-refractivity contribution in [3.05, 3.63) is 71.6 Å². The summed E-state index contributed by atoms with van der Waals surface area (Å²) in [4.78, 5) is 24.3. The Balaban J connectivity index is 2.39. The van der Waals surface area contributed by atoms with Crippen LogP contribution in [0.25, 0.3) is 11.1 Å². The van der Waals surface area contributed by atoms with E-state index in [1.54, 1.807) is 0 Å².